The molecule has 1 saturated carbocycles. The van der Waals surface area contributed by atoms with Crippen LogP contribution in [-0.4, -0.2) is 55.5 Å². The first kappa shape index (κ1) is 15.3. The van der Waals surface area contributed by atoms with E-state index in [9.17, 15) is 9.59 Å². The zero-order chi connectivity index (χ0) is 14.5. The second-order valence-corrected chi connectivity index (χ2v) is 6.00. The van der Waals surface area contributed by atoms with Crippen molar-refractivity contribution in [2.75, 3.05) is 26.7 Å². The summed E-state index contributed by atoms with van der Waals surface area (Å²) in [5.41, 5.74) is 5.96. The molecule has 1 unspecified atom stereocenters. The molecule has 2 fully saturated rings. The average Bonchev–Trinajstić information content (AvgIpc) is 3.25. The van der Waals surface area contributed by atoms with Gasteiger partial charge in [0.05, 0.1) is 6.54 Å². The van der Waals surface area contributed by atoms with Crippen molar-refractivity contribution in [1.29, 1.82) is 0 Å². The monoisotopic (exact) mass is 282 g/mol. The number of carbonyl (C=O) groups is 2. The Labute approximate surface area is 120 Å². The quantitative estimate of drug-likeness (QED) is 0.609. The average molecular weight is 282 g/mol. The van der Waals surface area contributed by atoms with E-state index in [-0.39, 0.29) is 23.9 Å². The number of piperidine rings is 1. The van der Waals surface area contributed by atoms with Crippen LogP contribution in [0.25, 0.3) is 0 Å². The molecule has 0 bridgehead atoms. The van der Waals surface area contributed by atoms with Crippen LogP contribution in [0.5, 0.6) is 0 Å². The second kappa shape index (κ2) is 7.04. The zero-order valence-electron chi connectivity index (χ0n) is 12.2. The van der Waals surface area contributed by atoms with Gasteiger partial charge in [0, 0.05) is 38.6 Å². The number of likely N-dealkylation sites (tertiary alicyclic amines) is 1. The van der Waals surface area contributed by atoms with E-state index < -0.39 is 0 Å². The molecule has 2 aliphatic rings. The van der Waals surface area contributed by atoms with Crippen molar-refractivity contribution in [1.82, 2.24) is 15.5 Å². The molecule has 6 nitrogen and oxygen atoms in total. The SMILES string of the molecule is CNC(=O)CN1CCC(NC(=O)CC(N)C2CC2)CC1. The summed E-state index contributed by atoms with van der Waals surface area (Å²) in [6.07, 6.45) is 4.60. The molecule has 0 radical (unpaired) electrons. The molecular weight excluding hydrogens is 256 g/mol. The number of hydrogen-bond acceptors (Lipinski definition) is 4. The third-order valence-corrected chi connectivity index (χ3v) is 4.25. The van der Waals surface area contributed by atoms with Crippen molar-refractivity contribution in [3.05, 3.63) is 0 Å². The highest BCUT2D eigenvalue weighted by Gasteiger charge is 2.30. The van der Waals surface area contributed by atoms with Gasteiger partial charge in [-0.3, -0.25) is 14.5 Å². The predicted molar refractivity (Wildman–Crippen MR) is 77.0 cm³/mol. The lowest BCUT2D eigenvalue weighted by Gasteiger charge is -2.31. The number of nitrogens with two attached hydrogens (primary N) is 1. The number of nitrogens with one attached hydrogen (secondary N) is 2. The van der Waals surface area contributed by atoms with Gasteiger partial charge in [0.1, 0.15) is 0 Å². The van der Waals surface area contributed by atoms with Crippen LogP contribution in [0.15, 0.2) is 0 Å². The number of hydrogen-bond donors (Lipinski definition) is 3. The van der Waals surface area contributed by atoms with Gasteiger partial charge < -0.3 is 16.4 Å². The van der Waals surface area contributed by atoms with Crippen molar-refractivity contribution in [3.8, 4) is 0 Å². The normalized spacial score (nSPS) is 22.3. The number of amides is 2. The lowest BCUT2D eigenvalue weighted by atomic mass is 10.0. The third-order valence-electron chi connectivity index (χ3n) is 4.25. The number of nitrogens with zero attached hydrogens (tertiary/aromatic N) is 1. The largest absolute Gasteiger partial charge is 0.358 e. The second-order valence-electron chi connectivity index (χ2n) is 6.00. The van der Waals surface area contributed by atoms with Crippen LogP contribution >= 0.6 is 0 Å². The Morgan fingerprint density at radius 1 is 1.20 bits per heavy atom. The molecule has 1 atom stereocenters. The molecule has 0 aromatic rings. The van der Waals surface area contributed by atoms with Gasteiger partial charge in [0.2, 0.25) is 11.8 Å². The molecule has 0 spiro atoms. The van der Waals surface area contributed by atoms with Gasteiger partial charge in [0.15, 0.2) is 0 Å². The summed E-state index contributed by atoms with van der Waals surface area (Å²) >= 11 is 0. The summed E-state index contributed by atoms with van der Waals surface area (Å²) in [6, 6.07) is 0.262. The predicted octanol–water partition coefficient (Wildman–Crippen LogP) is -0.560. The van der Waals surface area contributed by atoms with E-state index in [1.807, 2.05) is 0 Å². The van der Waals surface area contributed by atoms with E-state index in [4.69, 9.17) is 5.73 Å². The van der Waals surface area contributed by atoms with Crippen molar-refractivity contribution in [3.63, 3.8) is 0 Å². The minimum absolute atomic E-state index is 0.0309. The third kappa shape index (κ3) is 4.76. The summed E-state index contributed by atoms with van der Waals surface area (Å²) in [5.74, 6) is 0.687. The fraction of sp³-hybridized carbons (Fsp3) is 0.857. The Kier molecular flexibility index (Phi) is 5.37. The molecule has 2 rings (SSSR count). The topological polar surface area (TPSA) is 87.5 Å². The summed E-state index contributed by atoms with van der Waals surface area (Å²) in [6.45, 7) is 2.16. The Morgan fingerprint density at radius 3 is 2.40 bits per heavy atom. The van der Waals surface area contributed by atoms with E-state index in [0.717, 1.165) is 25.9 Å². The highest BCUT2D eigenvalue weighted by Crippen LogP contribution is 2.32. The maximum absolute atomic E-state index is 11.9. The molecule has 6 heteroatoms. The molecular formula is C14H26N4O2. The first-order valence-corrected chi connectivity index (χ1v) is 7.56. The van der Waals surface area contributed by atoms with Gasteiger partial charge in [-0.1, -0.05) is 0 Å². The summed E-state index contributed by atoms with van der Waals surface area (Å²) in [4.78, 5) is 25.3. The van der Waals surface area contributed by atoms with Crippen molar-refractivity contribution < 1.29 is 9.59 Å². The van der Waals surface area contributed by atoms with Crippen LogP contribution in [0, 0.1) is 5.92 Å². The van der Waals surface area contributed by atoms with Crippen LogP contribution in [0.1, 0.15) is 32.1 Å². The van der Waals surface area contributed by atoms with Gasteiger partial charge in [-0.05, 0) is 31.6 Å². The zero-order valence-corrected chi connectivity index (χ0v) is 12.2. The first-order chi connectivity index (χ1) is 9.58. The van der Waals surface area contributed by atoms with E-state index in [0.29, 0.717) is 18.9 Å². The standard InChI is InChI=1S/C14H26N4O2/c1-16-14(20)9-18-6-4-11(5-7-18)17-13(19)8-12(15)10-2-3-10/h10-12H,2-9,15H2,1H3,(H,16,20)(H,17,19). The molecule has 1 saturated heterocycles. The smallest absolute Gasteiger partial charge is 0.233 e. The first-order valence-electron chi connectivity index (χ1n) is 7.56. The maximum atomic E-state index is 11.9. The molecule has 1 heterocycles. The Morgan fingerprint density at radius 2 is 1.85 bits per heavy atom. The van der Waals surface area contributed by atoms with E-state index >= 15 is 0 Å². The minimum Gasteiger partial charge on any atom is -0.358 e. The van der Waals surface area contributed by atoms with Crippen LogP contribution in [0.2, 0.25) is 0 Å². The summed E-state index contributed by atoms with van der Waals surface area (Å²) in [5, 5.41) is 5.70. The Bertz CT molecular complexity index is 349. The molecule has 4 N–H and O–H groups in total. The fourth-order valence-corrected chi connectivity index (χ4v) is 2.71. The van der Waals surface area contributed by atoms with Crippen LogP contribution < -0.4 is 16.4 Å². The highest BCUT2D eigenvalue weighted by molar-refractivity contribution is 5.78. The van der Waals surface area contributed by atoms with Gasteiger partial charge >= 0.3 is 0 Å². The van der Waals surface area contributed by atoms with Crippen LogP contribution in [0.4, 0.5) is 0 Å². The molecule has 2 amide bonds. The van der Waals surface area contributed by atoms with Gasteiger partial charge in [-0.25, -0.2) is 0 Å². The molecule has 0 aromatic heterocycles. The van der Waals surface area contributed by atoms with Gasteiger partial charge in [0.25, 0.3) is 0 Å². The van der Waals surface area contributed by atoms with Gasteiger partial charge in [-0.2, -0.15) is 0 Å². The van der Waals surface area contributed by atoms with Crippen molar-refractivity contribution in [2.24, 2.45) is 11.7 Å². The van der Waals surface area contributed by atoms with Crippen molar-refractivity contribution in [2.45, 2.75) is 44.2 Å². The number of carbonyl (C=O) groups excluding carboxylic acids is 2. The number of likely N-dealkylation sites (N-methyl/N-ethyl adjacent to an activating group) is 1. The van der Waals surface area contributed by atoms with E-state index in [1.165, 1.54) is 12.8 Å². The van der Waals surface area contributed by atoms with Crippen LogP contribution in [0.3, 0.4) is 0 Å². The highest BCUT2D eigenvalue weighted by atomic mass is 16.2. The molecule has 1 aliphatic carbocycles. The number of rotatable bonds is 6. The Hall–Kier alpha value is -1.14. The maximum Gasteiger partial charge on any atom is 0.233 e. The van der Waals surface area contributed by atoms with E-state index in [2.05, 4.69) is 15.5 Å². The van der Waals surface area contributed by atoms with E-state index in [1.54, 1.807) is 7.05 Å². The van der Waals surface area contributed by atoms with Crippen LogP contribution in [-0.2, 0) is 9.59 Å². The summed E-state index contributed by atoms with van der Waals surface area (Å²) in [7, 11) is 1.65. The molecule has 1 aliphatic heterocycles. The lowest BCUT2D eigenvalue weighted by Crippen LogP contribution is -2.47. The molecule has 0 aromatic carbocycles. The fourth-order valence-electron chi connectivity index (χ4n) is 2.71. The lowest BCUT2D eigenvalue weighted by molar-refractivity contribution is -0.124. The summed E-state index contributed by atoms with van der Waals surface area (Å²) < 4.78 is 0. The molecule has 114 valence electrons. The van der Waals surface area contributed by atoms with Crippen molar-refractivity contribution >= 4 is 11.8 Å². The Balaban J connectivity index is 1.63. The molecule has 20 heavy (non-hydrogen) atoms. The minimum atomic E-state index is 0.0309. The van der Waals surface area contributed by atoms with Gasteiger partial charge in [-0.15, -0.1) is 0 Å².